The standard InChI is InChI=1S/C32H31ClN8O3/c1-2-30(42)35-19-21-8-11-25-22-14-15-34-28(18-22)26(6-4-3-5-7-31(43)38-27(25)16-21)37-32(44)13-9-23-17-24(33)10-12-29(23)41-20-36-39-40-41/h3-4,8-18,20,26H,2,5-7,19H2,1H3,(H,35,42)(H,37,44)(H,38,43)/t26-/m0/s1. The number of nitrogens with one attached hydrogen (secondary N) is 3. The molecule has 11 nitrogen and oxygen atoms in total. The Hall–Kier alpha value is -5.16. The van der Waals surface area contributed by atoms with Gasteiger partial charge in [0.15, 0.2) is 0 Å². The Labute approximate surface area is 259 Å². The second-order valence-corrected chi connectivity index (χ2v) is 10.6. The number of tetrazole rings is 1. The van der Waals surface area contributed by atoms with Crippen LogP contribution in [0.4, 0.5) is 5.69 Å². The summed E-state index contributed by atoms with van der Waals surface area (Å²) in [5, 5.41) is 20.8. The number of rotatable bonds is 7. The third-order valence-electron chi connectivity index (χ3n) is 7.01. The molecule has 3 N–H and O–H groups in total. The van der Waals surface area contributed by atoms with Crippen LogP contribution >= 0.6 is 11.6 Å². The maximum Gasteiger partial charge on any atom is 0.244 e. The first kappa shape index (κ1) is 30.3. The Balaban J connectivity index is 1.42. The van der Waals surface area contributed by atoms with Crippen LogP contribution < -0.4 is 16.0 Å². The van der Waals surface area contributed by atoms with E-state index in [0.717, 1.165) is 16.7 Å². The minimum atomic E-state index is -0.432. The molecule has 0 radical (unpaired) electrons. The molecule has 0 saturated heterocycles. The number of benzene rings is 2. The maximum atomic E-state index is 13.2. The van der Waals surface area contributed by atoms with Crippen LogP contribution in [0.1, 0.15) is 55.5 Å². The van der Waals surface area contributed by atoms with Crippen LogP contribution in [0, 0.1) is 0 Å². The molecule has 0 saturated carbocycles. The Kier molecular flexibility index (Phi) is 9.88. The van der Waals surface area contributed by atoms with E-state index in [1.807, 2.05) is 42.5 Å². The molecule has 224 valence electrons. The van der Waals surface area contributed by atoms with E-state index in [1.165, 1.54) is 17.1 Å². The smallest absolute Gasteiger partial charge is 0.244 e. The molecule has 4 aromatic rings. The fourth-order valence-electron chi connectivity index (χ4n) is 4.74. The quantitative estimate of drug-likeness (QED) is 0.198. The number of anilines is 1. The summed E-state index contributed by atoms with van der Waals surface area (Å²) < 4.78 is 1.49. The van der Waals surface area contributed by atoms with Gasteiger partial charge in [-0.05, 0) is 76.9 Å². The lowest BCUT2D eigenvalue weighted by molar-refractivity contribution is -0.121. The molecule has 0 unspecified atom stereocenters. The van der Waals surface area contributed by atoms with Gasteiger partial charge in [-0.15, -0.1) is 5.10 Å². The van der Waals surface area contributed by atoms with Crippen molar-refractivity contribution >= 4 is 41.1 Å². The Morgan fingerprint density at radius 3 is 2.84 bits per heavy atom. The van der Waals surface area contributed by atoms with E-state index in [9.17, 15) is 14.4 Å². The monoisotopic (exact) mass is 610 g/mol. The van der Waals surface area contributed by atoms with Crippen LogP contribution in [0.5, 0.6) is 0 Å². The molecule has 3 heterocycles. The molecule has 0 spiro atoms. The molecule has 2 bridgehead atoms. The normalized spacial score (nSPS) is 15.0. The number of halogens is 1. The van der Waals surface area contributed by atoms with Gasteiger partial charge in [-0.1, -0.05) is 42.8 Å². The Morgan fingerprint density at radius 1 is 1.14 bits per heavy atom. The van der Waals surface area contributed by atoms with Crippen LogP contribution in [0.25, 0.3) is 22.9 Å². The van der Waals surface area contributed by atoms with Crippen molar-refractivity contribution in [3.05, 3.63) is 101 Å². The third-order valence-corrected chi connectivity index (χ3v) is 7.25. The summed E-state index contributed by atoms with van der Waals surface area (Å²) in [5.74, 6) is -0.484. The Morgan fingerprint density at radius 2 is 2.02 bits per heavy atom. The van der Waals surface area contributed by atoms with Crippen molar-refractivity contribution in [1.82, 2.24) is 35.8 Å². The molecular weight excluding hydrogens is 580 g/mol. The van der Waals surface area contributed by atoms with Gasteiger partial charge in [0.1, 0.15) is 6.33 Å². The molecule has 0 aliphatic carbocycles. The molecule has 1 aliphatic rings. The summed E-state index contributed by atoms with van der Waals surface area (Å²) in [6, 6.07) is 14.3. The second-order valence-electron chi connectivity index (χ2n) is 10.1. The highest BCUT2D eigenvalue weighted by atomic mass is 35.5. The number of nitrogens with zero attached hydrogens (tertiary/aromatic N) is 5. The van der Waals surface area contributed by atoms with Crippen LogP contribution in [-0.2, 0) is 20.9 Å². The third kappa shape index (κ3) is 7.81. The topological polar surface area (TPSA) is 144 Å². The van der Waals surface area contributed by atoms with Crippen LogP contribution in [-0.4, -0.2) is 42.9 Å². The lowest BCUT2D eigenvalue weighted by atomic mass is 9.99. The van der Waals surface area contributed by atoms with Crippen molar-refractivity contribution in [3.8, 4) is 16.8 Å². The van der Waals surface area contributed by atoms with E-state index < -0.39 is 6.04 Å². The van der Waals surface area contributed by atoms with Gasteiger partial charge in [0.25, 0.3) is 0 Å². The van der Waals surface area contributed by atoms with Gasteiger partial charge in [-0.2, -0.15) is 4.68 Å². The van der Waals surface area contributed by atoms with E-state index >= 15 is 0 Å². The number of aromatic nitrogens is 5. The summed E-state index contributed by atoms with van der Waals surface area (Å²) in [5.41, 5.74) is 5.14. The lowest BCUT2D eigenvalue weighted by Crippen LogP contribution is -2.27. The minimum Gasteiger partial charge on any atom is -0.352 e. The van der Waals surface area contributed by atoms with Crippen molar-refractivity contribution in [2.24, 2.45) is 0 Å². The van der Waals surface area contributed by atoms with Crippen molar-refractivity contribution in [3.63, 3.8) is 0 Å². The molecule has 1 aliphatic heterocycles. The number of allylic oxidation sites excluding steroid dienone is 1. The molecule has 2 aromatic carbocycles. The van der Waals surface area contributed by atoms with Crippen LogP contribution in [0.15, 0.2) is 79.3 Å². The number of amides is 3. The number of hydrogen-bond donors (Lipinski definition) is 3. The highest BCUT2D eigenvalue weighted by Gasteiger charge is 2.17. The first-order valence-corrected chi connectivity index (χ1v) is 14.6. The molecule has 2 aromatic heterocycles. The van der Waals surface area contributed by atoms with Gasteiger partial charge in [0.2, 0.25) is 17.7 Å². The Bertz CT molecular complexity index is 1720. The molecular formula is C32H31ClN8O3. The summed E-state index contributed by atoms with van der Waals surface area (Å²) in [4.78, 5) is 42.4. The highest BCUT2D eigenvalue weighted by Crippen LogP contribution is 2.31. The predicted octanol–water partition coefficient (Wildman–Crippen LogP) is 4.95. The SMILES string of the molecule is CCC(=O)NCc1ccc2c(c1)NC(=O)CCC=CC[C@H](NC(=O)C=Cc1cc(Cl)ccc1-n1cnnn1)c1cc-2ccn1. The van der Waals surface area contributed by atoms with Crippen molar-refractivity contribution < 1.29 is 14.4 Å². The molecule has 1 atom stereocenters. The molecule has 44 heavy (non-hydrogen) atoms. The van der Waals surface area contributed by atoms with Crippen LogP contribution in [0.3, 0.4) is 0 Å². The average molecular weight is 611 g/mol. The molecule has 5 rings (SSSR count). The van der Waals surface area contributed by atoms with E-state index in [2.05, 4.69) is 36.5 Å². The van der Waals surface area contributed by atoms with Crippen molar-refractivity contribution in [2.75, 3.05) is 5.32 Å². The fourth-order valence-corrected chi connectivity index (χ4v) is 4.92. The number of carbonyl (C=O) groups is 3. The zero-order valence-corrected chi connectivity index (χ0v) is 24.8. The van der Waals surface area contributed by atoms with E-state index in [4.69, 9.17) is 11.6 Å². The van der Waals surface area contributed by atoms with Crippen LogP contribution in [0.2, 0.25) is 5.02 Å². The predicted molar refractivity (Wildman–Crippen MR) is 168 cm³/mol. The first-order valence-electron chi connectivity index (χ1n) is 14.2. The van der Waals surface area contributed by atoms with E-state index in [-0.39, 0.29) is 17.7 Å². The summed E-state index contributed by atoms with van der Waals surface area (Å²) >= 11 is 6.22. The molecule has 0 fully saturated rings. The number of fused-ring (bicyclic) bond motifs is 4. The van der Waals surface area contributed by atoms with E-state index in [1.54, 1.807) is 37.4 Å². The number of hydrogen-bond acceptors (Lipinski definition) is 7. The summed E-state index contributed by atoms with van der Waals surface area (Å²) in [6.07, 6.45) is 11.8. The molecule has 12 heteroatoms. The van der Waals surface area contributed by atoms with Gasteiger partial charge >= 0.3 is 0 Å². The number of pyridine rings is 1. The minimum absolute atomic E-state index is 0.0490. The second kappa shape index (κ2) is 14.3. The first-order chi connectivity index (χ1) is 21.4. The van der Waals surface area contributed by atoms with E-state index in [0.29, 0.717) is 59.9 Å². The fraction of sp³-hybridized carbons (Fsp3) is 0.219. The van der Waals surface area contributed by atoms with Gasteiger partial charge in [-0.3, -0.25) is 19.4 Å². The van der Waals surface area contributed by atoms with Crippen molar-refractivity contribution in [2.45, 2.75) is 45.2 Å². The van der Waals surface area contributed by atoms with Crippen molar-refractivity contribution in [1.29, 1.82) is 0 Å². The molecule has 3 amide bonds. The average Bonchev–Trinajstić information content (AvgIpc) is 3.57. The van der Waals surface area contributed by atoms with Gasteiger partial charge in [0, 0.05) is 53.5 Å². The zero-order valence-electron chi connectivity index (χ0n) is 24.0. The van der Waals surface area contributed by atoms with Gasteiger partial charge < -0.3 is 16.0 Å². The highest BCUT2D eigenvalue weighted by molar-refractivity contribution is 6.30. The largest absolute Gasteiger partial charge is 0.352 e. The zero-order chi connectivity index (χ0) is 30.9. The maximum absolute atomic E-state index is 13.2. The summed E-state index contributed by atoms with van der Waals surface area (Å²) in [6.45, 7) is 2.15. The van der Waals surface area contributed by atoms with Gasteiger partial charge in [-0.25, -0.2) is 0 Å². The summed E-state index contributed by atoms with van der Waals surface area (Å²) in [7, 11) is 0. The lowest BCUT2D eigenvalue weighted by Gasteiger charge is -2.18. The van der Waals surface area contributed by atoms with Gasteiger partial charge in [0.05, 0.1) is 17.4 Å². The number of carbonyl (C=O) groups excluding carboxylic acids is 3.